The summed E-state index contributed by atoms with van der Waals surface area (Å²) in [6.07, 6.45) is 2.73. The first-order valence-corrected chi connectivity index (χ1v) is 13.8. The molecule has 170 valence electrons. The Hall–Kier alpha value is -2.01. The molecular formula is C22H25N3O4S3. The van der Waals surface area contributed by atoms with Gasteiger partial charge < -0.3 is 10.1 Å². The van der Waals surface area contributed by atoms with Crippen LogP contribution in [0.25, 0.3) is 0 Å². The minimum atomic E-state index is -3.69. The van der Waals surface area contributed by atoms with E-state index in [4.69, 9.17) is 4.74 Å². The van der Waals surface area contributed by atoms with Crippen molar-refractivity contribution in [2.75, 3.05) is 31.3 Å². The van der Waals surface area contributed by atoms with Crippen molar-refractivity contribution in [1.82, 2.24) is 4.31 Å². The van der Waals surface area contributed by atoms with Gasteiger partial charge in [0.15, 0.2) is 0 Å². The van der Waals surface area contributed by atoms with Crippen LogP contribution in [0, 0.1) is 0 Å². The van der Waals surface area contributed by atoms with Gasteiger partial charge in [0.1, 0.15) is 15.0 Å². The Morgan fingerprint density at radius 1 is 1.19 bits per heavy atom. The van der Waals surface area contributed by atoms with Gasteiger partial charge in [0.25, 0.3) is 0 Å². The second-order valence-corrected chi connectivity index (χ2v) is 11.6. The fourth-order valence-electron chi connectivity index (χ4n) is 3.61. The van der Waals surface area contributed by atoms with Crippen molar-refractivity contribution in [2.24, 2.45) is 4.99 Å². The second kappa shape index (κ2) is 10.3. The normalized spacial score (nSPS) is 16.7. The lowest BCUT2D eigenvalue weighted by atomic mass is 10.2. The highest BCUT2D eigenvalue weighted by Gasteiger charge is 2.29. The third-order valence-electron chi connectivity index (χ3n) is 5.26. The molecule has 0 saturated carbocycles. The lowest BCUT2D eigenvalue weighted by Crippen LogP contribution is -2.35. The van der Waals surface area contributed by atoms with E-state index in [2.05, 4.69) is 16.4 Å². The zero-order valence-electron chi connectivity index (χ0n) is 17.7. The number of para-hydroxylation sites is 1. The van der Waals surface area contributed by atoms with Crippen molar-refractivity contribution in [2.45, 2.75) is 29.9 Å². The van der Waals surface area contributed by atoms with Crippen molar-refractivity contribution < 1.29 is 17.9 Å². The number of rotatable bonds is 6. The number of anilines is 1. The quantitative estimate of drug-likeness (QED) is 0.641. The van der Waals surface area contributed by atoms with E-state index in [1.807, 2.05) is 18.2 Å². The maximum Gasteiger partial charge on any atom is 0.246 e. The monoisotopic (exact) mass is 491 g/mol. The van der Waals surface area contributed by atoms with Gasteiger partial charge in [-0.05, 0) is 42.7 Å². The SMILES string of the molecule is COc1ccc(NC(=O)CSC2=Nc3ccccc3CS2)cc1S(=O)(=O)N1CCCCC1. The average Bonchev–Trinajstić information content (AvgIpc) is 2.83. The third-order valence-corrected chi connectivity index (χ3v) is 9.43. The Morgan fingerprint density at radius 3 is 2.75 bits per heavy atom. The molecule has 2 aromatic carbocycles. The van der Waals surface area contributed by atoms with E-state index in [1.165, 1.54) is 34.8 Å². The van der Waals surface area contributed by atoms with Gasteiger partial charge in [0.2, 0.25) is 15.9 Å². The van der Waals surface area contributed by atoms with Crippen LogP contribution in [-0.4, -0.2) is 49.0 Å². The van der Waals surface area contributed by atoms with Crippen molar-refractivity contribution in [3.63, 3.8) is 0 Å². The second-order valence-electron chi connectivity index (χ2n) is 7.46. The van der Waals surface area contributed by atoms with Gasteiger partial charge in [-0.3, -0.25) is 4.79 Å². The predicted molar refractivity (Wildman–Crippen MR) is 132 cm³/mol. The minimum absolute atomic E-state index is 0.0798. The van der Waals surface area contributed by atoms with Gasteiger partial charge in [-0.25, -0.2) is 13.4 Å². The number of thioether (sulfide) groups is 2. The molecule has 32 heavy (non-hydrogen) atoms. The number of methoxy groups -OCH3 is 1. The van der Waals surface area contributed by atoms with Crippen molar-refractivity contribution >= 4 is 55.2 Å². The maximum absolute atomic E-state index is 13.1. The zero-order chi connectivity index (χ0) is 22.6. The molecule has 7 nitrogen and oxygen atoms in total. The molecule has 0 aromatic heterocycles. The largest absolute Gasteiger partial charge is 0.495 e. The topological polar surface area (TPSA) is 88.1 Å². The van der Waals surface area contributed by atoms with E-state index in [0.717, 1.165) is 35.1 Å². The molecule has 2 aliphatic rings. The number of nitrogens with zero attached hydrogens (tertiary/aromatic N) is 2. The molecule has 0 bridgehead atoms. The summed E-state index contributed by atoms with van der Waals surface area (Å²) in [4.78, 5) is 17.2. The fraction of sp³-hybridized carbons (Fsp3) is 0.364. The molecule has 2 heterocycles. The number of nitrogens with one attached hydrogen (secondary N) is 1. The van der Waals surface area contributed by atoms with E-state index in [1.54, 1.807) is 23.9 Å². The molecule has 0 aliphatic carbocycles. The fourth-order valence-corrected chi connectivity index (χ4v) is 7.17. The van der Waals surface area contributed by atoms with Crippen molar-refractivity contribution in [3.8, 4) is 5.75 Å². The molecule has 0 unspecified atom stereocenters. The number of hydrogen-bond acceptors (Lipinski definition) is 7. The van der Waals surface area contributed by atoms with Crippen LogP contribution >= 0.6 is 23.5 Å². The van der Waals surface area contributed by atoms with Crippen molar-refractivity contribution in [1.29, 1.82) is 0 Å². The molecule has 2 aromatic rings. The number of ether oxygens (including phenoxy) is 1. The summed E-state index contributed by atoms with van der Waals surface area (Å²) < 4.78 is 33.9. The molecule has 1 saturated heterocycles. The van der Waals surface area contributed by atoms with Crippen LogP contribution in [0.2, 0.25) is 0 Å². The summed E-state index contributed by atoms with van der Waals surface area (Å²) in [6.45, 7) is 1.00. The number of amides is 1. The molecule has 1 amide bonds. The number of hydrogen-bond donors (Lipinski definition) is 1. The number of benzene rings is 2. The van der Waals surface area contributed by atoms with E-state index in [9.17, 15) is 13.2 Å². The van der Waals surface area contributed by atoms with Crippen LogP contribution in [-0.2, 0) is 20.6 Å². The summed E-state index contributed by atoms with van der Waals surface area (Å²) in [5.41, 5.74) is 2.56. The predicted octanol–water partition coefficient (Wildman–Crippen LogP) is 4.48. The summed E-state index contributed by atoms with van der Waals surface area (Å²) in [5.74, 6) is 1.08. The van der Waals surface area contributed by atoms with Crippen LogP contribution in [0.1, 0.15) is 24.8 Å². The Balaban J connectivity index is 1.43. The molecule has 2 aliphatic heterocycles. The summed E-state index contributed by atoms with van der Waals surface area (Å²) in [5, 5.41) is 2.80. The van der Waals surface area contributed by atoms with Gasteiger partial charge in [0, 0.05) is 24.5 Å². The lowest BCUT2D eigenvalue weighted by molar-refractivity contribution is -0.113. The highest BCUT2D eigenvalue weighted by molar-refractivity contribution is 8.38. The molecule has 0 spiro atoms. The maximum atomic E-state index is 13.1. The van der Waals surface area contributed by atoms with E-state index >= 15 is 0 Å². The number of fused-ring (bicyclic) bond motifs is 1. The first kappa shape index (κ1) is 23.2. The van der Waals surface area contributed by atoms with E-state index < -0.39 is 10.0 Å². The number of aliphatic imine (C=N–C) groups is 1. The average molecular weight is 492 g/mol. The standard InChI is InChI=1S/C22H25N3O4S3/c1-29-19-10-9-17(13-20(19)32(27,28)25-11-5-2-6-12-25)23-21(26)15-31-22-24-18-8-4-3-7-16(18)14-30-22/h3-4,7-10,13H,2,5-6,11-12,14-15H2,1H3,(H,23,26). The molecule has 4 rings (SSSR count). The lowest BCUT2D eigenvalue weighted by Gasteiger charge is -2.26. The number of carbonyl (C=O) groups is 1. The number of carbonyl (C=O) groups excluding carboxylic acids is 1. The third kappa shape index (κ3) is 5.31. The highest BCUT2D eigenvalue weighted by Crippen LogP contribution is 2.35. The number of piperidine rings is 1. The zero-order valence-corrected chi connectivity index (χ0v) is 20.2. The Kier molecular flexibility index (Phi) is 7.44. The molecule has 0 atom stereocenters. The van der Waals surface area contributed by atoms with Gasteiger partial charge in [-0.1, -0.05) is 48.1 Å². The van der Waals surface area contributed by atoms with E-state index in [0.29, 0.717) is 18.8 Å². The summed E-state index contributed by atoms with van der Waals surface area (Å²) in [7, 11) is -2.25. The van der Waals surface area contributed by atoms with Crippen LogP contribution in [0.15, 0.2) is 52.4 Å². The first-order chi connectivity index (χ1) is 15.5. The number of sulfonamides is 1. The Bertz CT molecular complexity index is 1130. The minimum Gasteiger partial charge on any atom is -0.495 e. The van der Waals surface area contributed by atoms with Crippen LogP contribution in [0.4, 0.5) is 11.4 Å². The van der Waals surface area contributed by atoms with Gasteiger partial charge in [-0.15, -0.1) is 0 Å². The molecule has 1 N–H and O–H groups in total. The van der Waals surface area contributed by atoms with Gasteiger partial charge in [-0.2, -0.15) is 4.31 Å². The van der Waals surface area contributed by atoms with Crippen molar-refractivity contribution in [3.05, 3.63) is 48.0 Å². The summed E-state index contributed by atoms with van der Waals surface area (Å²) in [6, 6.07) is 12.7. The van der Waals surface area contributed by atoms with Crippen LogP contribution in [0.3, 0.4) is 0 Å². The van der Waals surface area contributed by atoms with E-state index in [-0.39, 0.29) is 22.3 Å². The highest BCUT2D eigenvalue weighted by atomic mass is 32.2. The van der Waals surface area contributed by atoms with Gasteiger partial charge in [0.05, 0.1) is 18.6 Å². The smallest absolute Gasteiger partial charge is 0.246 e. The molecule has 1 fully saturated rings. The Morgan fingerprint density at radius 2 is 1.97 bits per heavy atom. The first-order valence-electron chi connectivity index (χ1n) is 10.4. The summed E-state index contributed by atoms with van der Waals surface area (Å²) >= 11 is 2.99. The van der Waals surface area contributed by atoms with Crippen LogP contribution in [0.5, 0.6) is 5.75 Å². The van der Waals surface area contributed by atoms with Crippen LogP contribution < -0.4 is 10.1 Å². The molecular weight excluding hydrogens is 466 g/mol. The molecule has 0 radical (unpaired) electrons. The molecule has 10 heteroatoms. The Labute approximate surface area is 197 Å². The van der Waals surface area contributed by atoms with Gasteiger partial charge >= 0.3 is 0 Å².